The summed E-state index contributed by atoms with van der Waals surface area (Å²) >= 11 is 0. The van der Waals surface area contributed by atoms with Gasteiger partial charge in [-0.2, -0.15) is 0 Å². The smallest absolute Gasteiger partial charge is 0.0355 e. The molecule has 0 radical (unpaired) electrons. The topological polar surface area (TPSA) is 0 Å². The first-order valence-electron chi connectivity index (χ1n) is 6.95. The van der Waals surface area contributed by atoms with E-state index >= 15 is 0 Å². The van der Waals surface area contributed by atoms with Crippen molar-refractivity contribution in [3.05, 3.63) is 0 Å². The summed E-state index contributed by atoms with van der Waals surface area (Å²) in [5.41, 5.74) is 0. The van der Waals surface area contributed by atoms with Gasteiger partial charge < -0.3 is 0 Å². The highest BCUT2D eigenvalue weighted by Gasteiger charge is 2.40. The van der Waals surface area contributed by atoms with Crippen molar-refractivity contribution in [3.63, 3.8) is 0 Å². The van der Waals surface area contributed by atoms with Gasteiger partial charge in [0.1, 0.15) is 0 Å². The molecule has 4 atom stereocenters. The Morgan fingerprint density at radius 3 is 1.36 bits per heavy atom. The van der Waals surface area contributed by atoms with Gasteiger partial charge in [-0.05, 0) is 49.4 Å². The molecule has 3 fully saturated rings. The first kappa shape index (κ1) is 9.24. The average Bonchev–Trinajstić information content (AvgIpc) is 2.29. The van der Waals surface area contributed by atoms with Crippen LogP contribution in [-0.4, -0.2) is 0 Å². The number of rotatable bonds is 0. The second-order valence-electron chi connectivity index (χ2n) is 5.99. The SMILES string of the molecule is C1CC[C@@H]2[C@H](C1)CC[C@@H]1CCCC[C@@H]12. The third-order valence-electron chi connectivity index (χ3n) is 5.39. The first-order valence-corrected chi connectivity index (χ1v) is 6.95. The highest BCUT2D eigenvalue weighted by atomic mass is 14.5. The van der Waals surface area contributed by atoms with E-state index in [2.05, 4.69) is 0 Å². The molecule has 0 N–H and O–H groups in total. The molecule has 0 bridgehead atoms. The molecule has 3 saturated carbocycles. The Balaban J connectivity index is 1.74. The van der Waals surface area contributed by atoms with Crippen LogP contribution >= 0.6 is 0 Å². The molecule has 14 heavy (non-hydrogen) atoms. The van der Waals surface area contributed by atoms with Crippen LogP contribution in [0, 0.1) is 23.7 Å². The maximum Gasteiger partial charge on any atom is -0.0355 e. The number of hydrogen-bond acceptors (Lipinski definition) is 0. The molecule has 0 aromatic heterocycles. The van der Waals surface area contributed by atoms with Gasteiger partial charge in [-0.25, -0.2) is 0 Å². The van der Waals surface area contributed by atoms with Crippen LogP contribution in [0.5, 0.6) is 0 Å². The van der Waals surface area contributed by atoms with Crippen LogP contribution in [0.3, 0.4) is 0 Å². The minimum atomic E-state index is 1.16. The molecule has 0 heteroatoms. The minimum absolute atomic E-state index is 1.16. The van der Waals surface area contributed by atoms with E-state index < -0.39 is 0 Å². The van der Waals surface area contributed by atoms with Gasteiger partial charge in [-0.3, -0.25) is 0 Å². The molecule has 0 saturated heterocycles. The molecule has 0 nitrogen and oxygen atoms in total. The van der Waals surface area contributed by atoms with Crippen LogP contribution in [-0.2, 0) is 0 Å². The quantitative estimate of drug-likeness (QED) is 0.534. The normalized spacial score (nSPS) is 48.0. The Hall–Kier alpha value is 0. The van der Waals surface area contributed by atoms with E-state index in [0.717, 1.165) is 11.8 Å². The molecule has 80 valence electrons. The standard InChI is InChI=1S/C14H24/c1-3-7-13-11(5-1)9-10-12-6-2-4-8-14(12)13/h11-14H,1-10H2/t11-,12+,13-,14+. The Labute approximate surface area is 88.5 Å². The van der Waals surface area contributed by atoms with Crippen LogP contribution < -0.4 is 0 Å². The van der Waals surface area contributed by atoms with Crippen molar-refractivity contribution in [3.8, 4) is 0 Å². The molecule has 0 heterocycles. The van der Waals surface area contributed by atoms with Crippen LogP contribution in [0.2, 0.25) is 0 Å². The van der Waals surface area contributed by atoms with Gasteiger partial charge in [0.05, 0.1) is 0 Å². The average molecular weight is 192 g/mol. The Morgan fingerprint density at radius 1 is 0.429 bits per heavy atom. The summed E-state index contributed by atoms with van der Waals surface area (Å²) in [6.07, 6.45) is 15.7. The molecular weight excluding hydrogens is 168 g/mol. The molecule has 0 unspecified atom stereocenters. The van der Waals surface area contributed by atoms with Crippen molar-refractivity contribution < 1.29 is 0 Å². The van der Waals surface area contributed by atoms with Crippen LogP contribution in [0.25, 0.3) is 0 Å². The minimum Gasteiger partial charge on any atom is -0.0530 e. The van der Waals surface area contributed by atoms with Crippen LogP contribution in [0.15, 0.2) is 0 Å². The van der Waals surface area contributed by atoms with Gasteiger partial charge in [0.25, 0.3) is 0 Å². The zero-order chi connectivity index (χ0) is 9.38. The summed E-state index contributed by atoms with van der Waals surface area (Å²) in [6, 6.07) is 0. The van der Waals surface area contributed by atoms with Gasteiger partial charge in [0.15, 0.2) is 0 Å². The van der Waals surface area contributed by atoms with Crippen molar-refractivity contribution >= 4 is 0 Å². The highest BCUT2D eigenvalue weighted by molar-refractivity contribution is 4.91. The second-order valence-corrected chi connectivity index (χ2v) is 5.99. The van der Waals surface area contributed by atoms with Gasteiger partial charge in [-0.1, -0.05) is 38.5 Å². The molecule has 0 aromatic carbocycles. The summed E-state index contributed by atoms with van der Waals surface area (Å²) in [6.45, 7) is 0. The molecular formula is C14H24. The number of fused-ring (bicyclic) bond motifs is 3. The maximum absolute atomic E-state index is 1.59. The maximum atomic E-state index is 1.59. The lowest BCUT2D eigenvalue weighted by Crippen LogP contribution is -2.38. The zero-order valence-corrected chi connectivity index (χ0v) is 9.38. The largest absolute Gasteiger partial charge is 0.0530 e. The summed E-state index contributed by atoms with van der Waals surface area (Å²) in [5, 5.41) is 0. The molecule has 3 aliphatic rings. The Morgan fingerprint density at radius 2 is 0.857 bits per heavy atom. The molecule has 0 aliphatic heterocycles. The van der Waals surface area contributed by atoms with Crippen molar-refractivity contribution in [2.75, 3.05) is 0 Å². The summed E-state index contributed by atoms with van der Waals surface area (Å²) in [4.78, 5) is 0. The van der Waals surface area contributed by atoms with Crippen molar-refractivity contribution in [1.29, 1.82) is 0 Å². The van der Waals surface area contributed by atoms with E-state index in [1.165, 1.54) is 11.8 Å². The van der Waals surface area contributed by atoms with Gasteiger partial charge in [-0.15, -0.1) is 0 Å². The third-order valence-corrected chi connectivity index (χ3v) is 5.39. The van der Waals surface area contributed by atoms with E-state index in [9.17, 15) is 0 Å². The molecule has 3 aliphatic carbocycles. The van der Waals surface area contributed by atoms with E-state index in [4.69, 9.17) is 0 Å². The van der Waals surface area contributed by atoms with Crippen molar-refractivity contribution in [2.24, 2.45) is 23.7 Å². The zero-order valence-electron chi connectivity index (χ0n) is 9.38. The Kier molecular flexibility index (Phi) is 2.55. The van der Waals surface area contributed by atoms with Gasteiger partial charge in [0, 0.05) is 0 Å². The summed E-state index contributed by atoms with van der Waals surface area (Å²) in [5.74, 6) is 4.65. The Bertz CT molecular complexity index is 174. The lowest BCUT2D eigenvalue weighted by atomic mass is 9.58. The first-order chi connectivity index (χ1) is 6.95. The predicted octanol–water partition coefficient (Wildman–Crippen LogP) is 4.39. The number of hydrogen-bond donors (Lipinski definition) is 0. The van der Waals surface area contributed by atoms with Crippen LogP contribution in [0.1, 0.15) is 64.2 Å². The lowest BCUT2D eigenvalue weighted by Gasteiger charge is -2.48. The summed E-state index contributed by atoms with van der Waals surface area (Å²) < 4.78 is 0. The van der Waals surface area contributed by atoms with Gasteiger partial charge in [0.2, 0.25) is 0 Å². The predicted molar refractivity (Wildman–Crippen MR) is 60.1 cm³/mol. The summed E-state index contributed by atoms with van der Waals surface area (Å²) in [7, 11) is 0. The van der Waals surface area contributed by atoms with Crippen molar-refractivity contribution in [1.82, 2.24) is 0 Å². The fraction of sp³-hybridized carbons (Fsp3) is 1.00. The van der Waals surface area contributed by atoms with E-state index in [1.54, 1.807) is 64.2 Å². The van der Waals surface area contributed by atoms with Gasteiger partial charge >= 0.3 is 0 Å². The van der Waals surface area contributed by atoms with Crippen molar-refractivity contribution in [2.45, 2.75) is 64.2 Å². The van der Waals surface area contributed by atoms with E-state index in [0.29, 0.717) is 0 Å². The van der Waals surface area contributed by atoms with Crippen LogP contribution in [0.4, 0.5) is 0 Å². The second kappa shape index (κ2) is 3.87. The third kappa shape index (κ3) is 1.51. The van der Waals surface area contributed by atoms with E-state index in [1.807, 2.05) is 0 Å². The fourth-order valence-electron chi connectivity index (χ4n) is 4.74. The van der Waals surface area contributed by atoms with E-state index in [-0.39, 0.29) is 0 Å². The monoisotopic (exact) mass is 192 g/mol. The molecule has 0 spiro atoms. The molecule has 3 rings (SSSR count). The highest BCUT2D eigenvalue weighted by Crippen LogP contribution is 2.51. The molecule has 0 amide bonds. The molecule has 0 aromatic rings. The fourth-order valence-corrected chi connectivity index (χ4v) is 4.74. The lowest BCUT2D eigenvalue weighted by molar-refractivity contribution is 0.0278.